The van der Waals surface area contributed by atoms with Crippen LogP contribution in [0.1, 0.15) is 20.1 Å². The van der Waals surface area contributed by atoms with Gasteiger partial charge in [-0.3, -0.25) is 10.1 Å². The van der Waals surface area contributed by atoms with Gasteiger partial charge >= 0.3 is 0 Å². The van der Waals surface area contributed by atoms with E-state index in [0.717, 1.165) is 30.8 Å². The monoisotopic (exact) mass is 402 g/mol. The van der Waals surface area contributed by atoms with E-state index in [1.807, 2.05) is 37.4 Å². The first-order chi connectivity index (χ1) is 12.1. The number of aromatic nitrogens is 1. The van der Waals surface area contributed by atoms with Crippen LogP contribution in [-0.4, -0.2) is 10.9 Å². The van der Waals surface area contributed by atoms with Crippen LogP contribution in [0.5, 0.6) is 0 Å². The van der Waals surface area contributed by atoms with Gasteiger partial charge in [0.2, 0.25) is 0 Å². The number of nitrogens with zero attached hydrogens (tertiary/aromatic N) is 1. The molecule has 0 aliphatic heterocycles. The molecule has 126 valence electrons. The highest BCUT2D eigenvalue weighted by molar-refractivity contribution is 7.24. The Balaban J connectivity index is 1.70. The van der Waals surface area contributed by atoms with Gasteiger partial charge in [-0.15, -0.1) is 34.0 Å². The molecule has 25 heavy (non-hydrogen) atoms. The number of hydrogen-bond acceptors (Lipinski definition) is 6. The summed E-state index contributed by atoms with van der Waals surface area (Å²) in [6.45, 7) is 3.99. The number of rotatable bonds is 4. The van der Waals surface area contributed by atoms with E-state index < -0.39 is 0 Å². The van der Waals surface area contributed by atoms with Crippen molar-refractivity contribution < 1.29 is 4.79 Å². The van der Waals surface area contributed by atoms with Gasteiger partial charge in [-0.05, 0) is 42.8 Å². The quantitative estimate of drug-likeness (QED) is 0.421. The predicted octanol–water partition coefficient (Wildman–Crippen LogP) is 6.53. The Labute approximate surface area is 161 Å². The molecule has 4 heterocycles. The van der Waals surface area contributed by atoms with Crippen molar-refractivity contribution in [2.45, 2.75) is 13.8 Å². The van der Waals surface area contributed by atoms with E-state index >= 15 is 0 Å². The van der Waals surface area contributed by atoms with Gasteiger partial charge in [0, 0.05) is 14.6 Å². The minimum absolute atomic E-state index is 0.0916. The van der Waals surface area contributed by atoms with Crippen molar-refractivity contribution in [3.05, 3.63) is 56.4 Å². The summed E-state index contributed by atoms with van der Waals surface area (Å²) in [5, 5.41) is 7.72. The van der Waals surface area contributed by atoms with Crippen LogP contribution in [0, 0.1) is 13.8 Å². The van der Waals surface area contributed by atoms with Crippen molar-refractivity contribution in [2.75, 3.05) is 5.32 Å². The summed E-state index contributed by atoms with van der Waals surface area (Å²) in [6, 6.07) is 10.1. The Morgan fingerprint density at radius 3 is 2.36 bits per heavy atom. The highest BCUT2D eigenvalue weighted by Crippen LogP contribution is 2.42. The fourth-order valence-corrected chi connectivity index (χ4v) is 6.08. The zero-order chi connectivity index (χ0) is 17.4. The Hall–Kier alpha value is -1.80. The zero-order valence-corrected chi connectivity index (χ0v) is 16.8. The number of nitrogens with one attached hydrogen (secondary N) is 1. The average Bonchev–Trinajstić information content (AvgIpc) is 3.34. The summed E-state index contributed by atoms with van der Waals surface area (Å²) in [7, 11) is 0. The molecule has 0 atom stereocenters. The summed E-state index contributed by atoms with van der Waals surface area (Å²) in [4.78, 5) is 22.9. The molecule has 4 aromatic heterocycles. The lowest BCUT2D eigenvalue weighted by molar-refractivity contribution is 0.102. The SMILES string of the molecule is Cc1cc(C(=O)Nc2nc(-c3cccs3)c(-c3cccs3)s2)c(C)s1. The molecule has 3 nitrogen and oxygen atoms in total. The summed E-state index contributed by atoms with van der Waals surface area (Å²) in [6.07, 6.45) is 0. The van der Waals surface area contributed by atoms with Gasteiger partial charge in [-0.2, -0.15) is 0 Å². The van der Waals surface area contributed by atoms with Crippen molar-refractivity contribution in [3.8, 4) is 20.3 Å². The van der Waals surface area contributed by atoms with E-state index in [1.165, 1.54) is 16.2 Å². The molecule has 4 aromatic rings. The molecule has 0 spiro atoms. The van der Waals surface area contributed by atoms with Crippen LogP contribution in [-0.2, 0) is 0 Å². The largest absolute Gasteiger partial charge is 0.298 e. The molecular weight excluding hydrogens is 388 g/mol. The van der Waals surface area contributed by atoms with Crippen LogP contribution in [0.25, 0.3) is 20.3 Å². The van der Waals surface area contributed by atoms with Gasteiger partial charge in [0.05, 0.1) is 15.3 Å². The number of carbonyl (C=O) groups excluding carboxylic acids is 1. The maximum atomic E-state index is 12.6. The molecule has 0 bridgehead atoms. The van der Waals surface area contributed by atoms with Crippen LogP contribution in [0.3, 0.4) is 0 Å². The maximum Gasteiger partial charge on any atom is 0.258 e. The van der Waals surface area contributed by atoms with E-state index in [2.05, 4.69) is 22.8 Å². The van der Waals surface area contributed by atoms with Crippen LogP contribution in [0.15, 0.2) is 41.1 Å². The number of carbonyl (C=O) groups is 1. The summed E-state index contributed by atoms with van der Waals surface area (Å²) in [5.41, 5.74) is 1.67. The molecule has 0 aliphatic rings. The lowest BCUT2D eigenvalue weighted by atomic mass is 10.2. The van der Waals surface area contributed by atoms with Gasteiger partial charge in [-0.25, -0.2) is 4.98 Å². The van der Waals surface area contributed by atoms with Crippen molar-refractivity contribution in [1.82, 2.24) is 4.98 Å². The zero-order valence-electron chi connectivity index (χ0n) is 13.5. The van der Waals surface area contributed by atoms with Gasteiger partial charge in [0.25, 0.3) is 5.91 Å². The number of amides is 1. The second-order valence-electron chi connectivity index (χ2n) is 5.43. The predicted molar refractivity (Wildman–Crippen MR) is 110 cm³/mol. The van der Waals surface area contributed by atoms with Crippen molar-refractivity contribution in [2.24, 2.45) is 0 Å². The highest BCUT2D eigenvalue weighted by Gasteiger charge is 2.19. The number of anilines is 1. The van der Waals surface area contributed by atoms with E-state index in [4.69, 9.17) is 4.98 Å². The molecule has 1 N–H and O–H groups in total. The van der Waals surface area contributed by atoms with Crippen LogP contribution in [0.4, 0.5) is 5.13 Å². The normalized spacial score (nSPS) is 11.0. The molecule has 0 unspecified atom stereocenters. The van der Waals surface area contributed by atoms with E-state index in [-0.39, 0.29) is 5.91 Å². The lowest BCUT2D eigenvalue weighted by Crippen LogP contribution is -2.11. The van der Waals surface area contributed by atoms with Crippen LogP contribution >= 0.6 is 45.3 Å². The van der Waals surface area contributed by atoms with Gasteiger partial charge in [-0.1, -0.05) is 23.5 Å². The third kappa shape index (κ3) is 3.32. The van der Waals surface area contributed by atoms with Crippen molar-refractivity contribution in [3.63, 3.8) is 0 Å². The molecule has 0 fully saturated rings. The molecule has 4 rings (SSSR count). The summed E-state index contributed by atoms with van der Waals surface area (Å²) < 4.78 is 0. The Morgan fingerprint density at radius 1 is 1.04 bits per heavy atom. The van der Waals surface area contributed by atoms with Crippen molar-refractivity contribution >= 4 is 56.4 Å². The molecule has 0 saturated heterocycles. The van der Waals surface area contributed by atoms with E-state index in [1.54, 1.807) is 34.0 Å². The van der Waals surface area contributed by atoms with Crippen LogP contribution < -0.4 is 5.32 Å². The third-order valence-corrected chi connectivity index (χ3v) is 7.50. The second-order valence-corrected chi connectivity index (χ2v) is 9.79. The van der Waals surface area contributed by atoms with Gasteiger partial charge < -0.3 is 0 Å². The molecule has 1 amide bonds. The smallest absolute Gasteiger partial charge is 0.258 e. The number of aryl methyl sites for hydroxylation is 2. The minimum atomic E-state index is -0.0916. The number of thiazole rings is 1. The maximum absolute atomic E-state index is 12.6. The highest BCUT2D eigenvalue weighted by atomic mass is 32.1. The minimum Gasteiger partial charge on any atom is -0.298 e. The lowest BCUT2D eigenvalue weighted by Gasteiger charge is -2.00. The average molecular weight is 403 g/mol. The molecule has 0 aromatic carbocycles. The topological polar surface area (TPSA) is 42.0 Å². The van der Waals surface area contributed by atoms with Crippen molar-refractivity contribution in [1.29, 1.82) is 0 Å². The first-order valence-electron chi connectivity index (χ1n) is 7.59. The second kappa shape index (κ2) is 6.84. The first-order valence-corrected chi connectivity index (χ1v) is 11.0. The standard InChI is InChI=1S/C18H14N2OS4/c1-10-9-12(11(2)24-10)17(21)20-18-19-15(13-5-3-7-22-13)16(25-18)14-6-4-8-23-14/h3-9H,1-2H3,(H,19,20,21). The molecule has 7 heteroatoms. The van der Waals surface area contributed by atoms with E-state index in [9.17, 15) is 4.79 Å². The molecule has 0 saturated carbocycles. The fraction of sp³-hybridized carbons (Fsp3) is 0.111. The fourth-order valence-electron chi connectivity index (χ4n) is 2.55. The number of hydrogen-bond donors (Lipinski definition) is 1. The Kier molecular flexibility index (Phi) is 4.56. The summed E-state index contributed by atoms with van der Waals surface area (Å²) in [5.74, 6) is -0.0916. The Morgan fingerprint density at radius 2 is 1.76 bits per heavy atom. The van der Waals surface area contributed by atoms with E-state index in [0.29, 0.717) is 5.13 Å². The molecule has 0 aliphatic carbocycles. The Bertz CT molecular complexity index is 958. The summed E-state index contributed by atoms with van der Waals surface area (Å²) >= 11 is 6.51. The van der Waals surface area contributed by atoms with Gasteiger partial charge in [0.15, 0.2) is 5.13 Å². The molecule has 0 radical (unpaired) electrons. The van der Waals surface area contributed by atoms with Gasteiger partial charge in [0.1, 0.15) is 5.69 Å². The third-order valence-electron chi connectivity index (χ3n) is 3.63. The molecular formula is C18H14N2OS4. The van der Waals surface area contributed by atoms with Crippen LogP contribution in [0.2, 0.25) is 0 Å². The first kappa shape index (κ1) is 16.7. The number of thiophene rings is 3.